The van der Waals surface area contributed by atoms with Crippen molar-refractivity contribution in [3.8, 4) is 5.69 Å². The molecule has 1 unspecified atom stereocenters. The SMILES string of the molecule is COC(=O)CC(NC(=O)CSc1nncn1-c1ccc(C)c(C)c1)c1ccccc1. The number of esters is 1. The Kier molecular flexibility index (Phi) is 7.24. The van der Waals surface area contributed by atoms with Gasteiger partial charge in [-0.1, -0.05) is 48.2 Å². The fourth-order valence-electron chi connectivity index (χ4n) is 2.93. The minimum Gasteiger partial charge on any atom is -0.469 e. The zero-order valence-electron chi connectivity index (χ0n) is 17.2. The predicted molar refractivity (Wildman–Crippen MR) is 116 cm³/mol. The zero-order chi connectivity index (χ0) is 21.5. The first kappa shape index (κ1) is 21.6. The molecule has 0 aliphatic carbocycles. The number of hydrogen-bond donors (Lipinski definition) is 1. The smallest absolute Gasteiger partial charge is 0.307 e. The monoisotopic (exact) mass is 424 g/mol. The van der Waals surface area contributed by atoms with Crippen LogP contribution in [0.5, 0.6) is 0 Å². The van der Waals surface area contributed by atoms with Crippen LogP contribution in [0.4, 0.5) is 0 Å². The Labute approximate surface area is 179 Å². The second kappa shape index (κ2) is 10.1. The van der Waals surface area contributed by atoms with Crippen LogP contribution in [0.2, 0.25) is 0 Å². The van der Waals surface area contributed by atoms with Gasteiger partial charge in [-0.25, -0.2) is 0 Å². The van der Waals surface area contributed by atoms with E-state index in [2.05, 4.69) is 35.4 Å². The lowest BCUT2D eigenvalue weighted by molar-refractivity contribution is -0.141. The second-order valence-corrected chi connectivity index (χ2v) is 7.79. The third kappa shape index (κ3) is 5.48. The van der Waals surface area contributed by atoms with E-state index >= 15 is 0 Å². The fraction of sp³-hybridized carbons (Fsp3) is 0.273. The first-order valence-corrected chi connectivity index (χ1v) is 10.5. The number of hydrogen-bond acceptors (Lipinski definition) is 6. The van der Waals surface area contributed by atoms with E-state index in [0.29, 0.717) is 5.16 Å². The van der Waals surface area contributed by atoms with E-state index in [1.54, 1.807) is 6.33 Å². The average molecular weight is 425 g/mol. The number of methoxy groups -OCH3 is 1. The molecule has 7 nitrogen and oxygen atoms in total. The number of rotatable bonds is 8. The van der Waals surface area contributed by atoms with E-state index in [1.165, 1.54) is 30.0 Å². The zero-order valence-corrected chi connectivity index (χ0v) is 18.0. The molecule has 1 N–H and O–H groups in total. The summed E-state index contributed by atoms with van der Waals surface area (Å²) in [6.07, 6.45) is 1.70. The molecule has 1 amide bonds. The van der Waals surface area contributed by atoms with Gasteiger partial charge in [-0.3, -0.25) is 14.2 Å². The molecule has 0 aliphatic rings. The van der Waals surface area contributed by atoms with E-state index in [-0.39, 0.29) is 24.1 Å². The molecule has 0 spiro atoms. The van der Waals surface area contributed by atoms with Gasteiger partial charge in [-0.2, -0.15) is 0 Å². The Morgan fingerprint density at radius 3 is 2.60 bits per heavy atom. The molecule has 3 aromatic rings. The lowest BCUT2D eigenvalue weighted by atomic mass is 10.0. The number of thioether (sulfide) groups is 1. The van der Waals surface area contributed by atoms with Crippen LogP contribution >= 0.6 is 11.8 Å². The average Bonchev–Trinajstić information content (AvgIpc) is 3.23. The maximum Gasteiger partial charge on any atom is 0.307 e. The van der Waals surface area contributed by atoms with Crippen molar-refractivity contribution in [2.45, 2.75) is 31.5 Å². The summed E-state index contributed by atoms with van der Waals surface area (Å²) < 4.78 is 6.62. The van der Waals surface area contributed by atoms with Crippen molar-refractivity contribution in [1.82, 2.24) is 20.1 Å². The molecule has 0 saturated carbocycles. The molecule has 2 aromatic carbocycles. The summed E-state index contributed by atoms with van der Waals surface area (Å²) in [7, 11) is 1.33. The molecule has 156 valence electrons. The minimum absolute atomic E-state index is 0.0652. The highest BCUT2D eigenvalue weighted by Crippen LogP contribution is 2.22. The van der Waals surface area contributed by atoms with Crippen LogP contribution in [0.25, 0.3) is 5.69 Å². The van der Waals surface area contributed by atoms with Crippen LogP contribution in [0.1, 0.15) is 29.2 Å². The molecule has 0 fully saturated rings. The summed E-state index contributed by atoms with van der Waals surface area (Å²) in [5.41, 5.74) is 4.17. The largest absolute Gasteiger partial charge is 0.469 e. The topological polar surface area (TPSA) is 86.1 Å². The van der Waals surface area contributed by atoms with Gasteiger partial charge in [0.15, 0.2) is 5.16 Å². The van der Waals surface area contributed by atoms with Crippen molar-refractivity contribution >= 4 is 23.6 Å². The number of nitrogens with zero attached hydrogens (tertiary/aromatic N) is 3. The van der Waals surface area contributed by atoms with E-state index < -0.39 is 6.04 Å². The number of carbonyl (C=O) groups is 2. The molecule has 3 rings (SSSR count). The van der Waals surface area contributed by atoms with Gasteiger partial charge in [0.25, 0.3) is 0 Å². The Morgan fingerprint density at radius 1 is 1.13 bits per heavy atom. The van der Waals surface area contributed by atoms with Gasteiger partial charge in [0, 0.05) is 5.69 Å². The predicted octanol–water partition coefficient (Wildman–Crippen LogP) is 3.40. The summed E-state index contributed by atoms with van der Waals surface area (Å²) >= 11 is 1.29. The number of amides is 1. The first-order valence-electron chi connectivity index (χ1n) is 9.49. The molecule has 1 heterocycles. The van der Waals surface area contributed by atoms with E-state index in [4.69, 9.17) is 4.74 Å². The normalized spacial score (nSPS) is 11.7. The number of nitrogens with one attached hydrogen (secondary N) is 1. The van der Waals surface area contributed by atoms with Gasteiger partial charge in [-0.15, -0.1) is 10.2 Å². The van der Waals surface area contributed by atoms with Gasteiger partial charge in [0.1, 0.15) is 6.33 Å². The summed E-state index contributed by atoms with van der Waals surface area (Å²) in [6.45, 7) is 4.11. The molecule has 1 atom stereocenters. The summed E-state index contributed by atoms with van der Waals surface area (Å²) in [4.78, 5) is 24.4. The Morgan fingerprint density at radius 2 is 1.90 bits per heavy atom. The van der Waals surface area contributed by atoms with Crippen molar-refractivity contribution in [3.63, 3.8) is 0 Å². The van der Waals surface area contributed by atoms with Crippen LogP contribution < -0.4 is 5.32 Å². The van der Waals surface area contributed by atoms with Crippen molar-refractivity contribution in [2.24, 2.45) is 0 Å². The number of aryl methyl sites for hydroxylation is 2. The van der Waals surface area contributed by atoms with Crippen LogP contribution in [0, 0.1) is 13.8 Å². The lowest BCUT2D eigenvalue weighted by Gasteiger charge is -2.18. The van der Waals surface area contributed by atoms with Gasteiger partial charge in [-0.05, 0) is 42.7 Å². The Balaban J connectivity index is 1.67. The minimum atomic E-state index is -0.454. The van der Waals surface area contributed by atoms with Crippen molar-refractivity contribution in [2.75, 3.05) is 12.9 Å². The van der Waals surface area contributed by atoms with Crippen molar-refractivity contribution < 1.29 is 14.3 Å². The van der Waals surface area contributed by atoms with E-state index in [9.17, 15) is 9.59 Å². The molecule has 30 heavy (non-hydrogen) atoms. The standard InChI is InChI=1S/C22H24N4O3S/c1-15-9-10-18(11-16(15)2)26-14-23-25-22(26)30-13-20(27)24-19(12-21(28)29-3)17-7-5-4-6-8-17/h4-11,14,19H,12-13H2,1-3H3,(H,24,27). The fourth-order valence-corrected chi connectivity index (χ4v) is 3.67. The van der Waals surface area contributed by atoms with Crippen LogP contribution in [0.15, 0.2) is 60.0 Å². The maximum absolute atomic E-state index is 12.6. The highest BCUT2D eigenvalue weighted by Gasteiger charge is 2.19. The summed E-state index contributed by atoms with van der Waals surface area (Å²) in [6, 6.07) is 15.0. The third-order valence-corrected chi connectivity index (χ3v) is 5.70. The van der Waals surface area contributed by atoms with Crippen molar-refractivity contribution in [3.05, 3.63) is 71.5 Å². The number of benzene rings is 2. The second-order valence-electron chi connectivity index (χ2n) is 6.85. The molecular weight excluding hydrogens is 400 g/mol. The molecular formula is C22H24N4O3S. The van der Waals surface area contributed by atoms with Crippen LogP contribution in [-0.4, -0.2) is 39.5 Å². The Hall–Kier alpha value is -3.13. The highest BCUT2D eigenvalue weighted by molar-refractivity contribution is 7.99. The van der Waals surface area contributed by atoms with Gasteiger partial charge >= 0.3 is 5.97 Å². The molecule has 0 bridgehead atoms. The maximum atomic E-state index is 12.6. The lowest BCUT2D eigenvalue weighted by Crippen LogP contribution is -2.31. The molecule has 0 radical (unpaired) electrons. The van der Waals surface area contributed by atoms with Crippen LogP contribution in [0.3, 0.4) is 0 Å². The summed E-state index contributed by atoms with van der Waals surface area (Å²) in [5, 5.41) is 11.7. The third-order valence-electron chi connectivity index (χ3n) is 4.75. The quantitative estimate of drug-likeness (QED) is 0.441. The van der Waals surface area contributed by atoms with Crippen molar-refractivity contribution in [1.29, 1.82) is 0 Å². The molecule has 0 saturated heterocycles. The van der Waals surface area contributed by atoms with Gasteiger partial charge in [0.2, 0.25) is 5.91 Å². The first-order chi connectivity index (χ1) is 14.5. The van der Waals surface area contributed by atoms with Crippen LogP contribution in [-0.2, 0) is 14.3 Å². The number of aromatic nitrogens is 3. The Bertz CT molecular complexity index is 1020. The number of ether oxygens (including phenoxy) is 1. The number of carbonyl (C=O) groups excluding carboxylic acids is 2. The molecule has 1 aromatic heterocycles. The highest BCUT2D eigenvalue weighted by atomic mass is 32.2. The van der Waals surface area contributed by atoms with Gasteiger partial charge < -0.3 is 10.1 Å². The summed E-state index contributed by atoms with van der Waals surface area (Å²) in [5.74, 6) is -0.438. The molecule has 0 aliphatic heterocycles. The van der Waals surface area contributed by atoms with Gasteiger partial charge in [0.05, 0.1) is 25.3 Å². The van der Waals surface area contributed by atoms with E-state index in [1.807, 2.05) is 47.0 Å². The van der Waals surface area contributed by atoms with E-state index in [0.717, 1.165) is 11.3 Å². The molecule has 8 heteroatoms.